The van der Waals surface area contributed by atoms with Gasteiger partial charge in [0.25, 0.3) is 15.9 Å². The second-order valence-corrected chi connectivity index (χ2v) is 6.29. The molecule has 0 aliphatic carbocycles. The number of carbonyl (C=O) groups excluding carboxylic acids is 1. The highest BCUT2D eigenvalue weighted by Crippen LogP contribution is 2.18. The van der Waals surface area contributed by atoms with Gasteiger partial charge >= 0.3 is 0 Å². The molecule has 0 radical (unpaired) electrons. The molecule has 2 N–H and O–H groups in total. The van der Waals surface area contributed by atoms with Gasteiger partial charge in [0.05, 0.1) is 6.61 Å². The predicted octanol–water partition coefficient (Wildman–Crippen LogP) is 1.31. The van der Waals surface area contributed by atoms with Crippen LogP contribution in [-0.2, 0) is 10.0 Å². The molecule has 1 heterocycles. The largest absolute Gasteiger partial charge is 0.494 e. The zero-order chi connectivity index (χ0) is 17.0. The normalized spacial score (nSPS) is 11.3. The monoisotopic (exact) mass is 339 g/mol. The van der Waals surface area contributed by atoms with E-state index in [1.54, 1.807) is 12.1 Å². The average Bonchev–Trinajstić information content (AvgIpc) is 2.86. The molecule has 2 rings (SSSR count). The van der Waals surface area contributed by atoms with E-state index in [4.69, 9.17) is 9.26 Å². The van der Waals surface area contributed by atoms with Gasteiger partial charge in [-0.15, -0.1) is 4.83 Å². The Hall–Kier alpha value is -2.39. The standard InChI is InChI=1S/C14H17N3O5S/c1-4-21-12-7-5-11(6-8-12)14(18)15-17-23(19,20)13-9(2)16-22-10(13)3/h5-8,17H,4H2,1-3H3,(H,15,18). The summed E-state index contributed by atoms with van der Waals surface area (Å²) >= 11 is 0. The first kappa shape index (κ1) is 17.0. The summed E-state index contributed by atoms with van der Waals surface area (Å²) in [7, 11) is -3.96. The molecular formula is C14H17N3O5S. The third-order valence-corrected chi connectivity index (χ3v) is 4.45. The molecule has 124 valence electrons. The number of hydrazine groups is 1. The van der Waals surface area contributed by atoms with E-state index in [9.17, 15) is 13.2 Å². The summed E-state index contributed by atoms with van der Waals surface area (Å²) in [5.41, 5.74) is 2.65. The highest BCUT2D eigenvalue weighted by Gasteiger charge is 2.24. The average molecular weight is 339 g/mol. The molecule has 0 spiro atoms. The van der Waals surface area contributed by atoms with E-state index in [1.165, 1.54) is 26.0 Å². The first-order chi connectivity index (χ1) is 10.8. The molecule has 0 aliphatic rings. The Kier molecular flexibility index (Phi) is 5.02. The Morgan fingerprint density at radius 2 is 1.91 bits per heavy atom. The van der Waals surface area contributed by atoms with Crippen LogP contribution in [0.5, 0.6) is 5.75 Å². The molecule has 23 heavy (non-hydrogen) atoms. The molecule has 2 aromatic rings. The van der Waals surface area contributed by atoms with E-state index in [1.807, 2.05) is 11.8 Å². The van der Waals surface area contributed by atoms with Gasteiger partial charge < -0.3 is 9.26 Å². The lowest BCUT2D eigenvalue weighted by atomic mass is 10.2. The van der Waals surface area contributed by atoms with Gasteiger partial charge in [-0.1, -0.05) is 5.16 Å². The van der Waals surface area contributed by atoms with Gasteiger partial charge in [-0.3, -0.25) is 10.2 Å². The van der Waals surface area contributed by atoms with E-state index in [2.05, 4.69) is 10.6 Å². The third-order valence-electron chi connectivity index (χ3n) is 2.96. The van der Waals surface area contributed by atoms with Crippen molar-refractivity contribution in [2.45, 2.75) is 25.7 Å². The third kappa shape index (κ3) is 3.88. The van der Waals surface area contributed by atoms with Crippen molar-refractivity contribution < 1.29 is 22.5 Å². The van der Waals surface area contributed by atoms with Crippen molar-refractivity contribution >= 4 is 15.9 Å². The van der Waals surface area contributed by atoms with Gasteiger partial charge in [0.15, 0.2) is 5.76 Å². The van der Waals surface area contributed by atoms with Crippen LogP contribution in [-0.4, -0.2) is 26.1 Å². The Morgan fingerprint density at radius 1 is 1.26 bits per heavy atom. The first-order valence-corrected chi connectivity index (χ1v) is 8.31. The highest BCUT2D eigenvalue weighted by molar-refractivity contribution is 7.89. The Bertz CT molecular complexity index is 777. The number of sulfonamides is 1. The van der Waals surface area contributed by atoms with Crippen LogP contribution in [0.1, 0.15) is 28.7 Å². The lowest BCUT2D eigenvalue weighted by molar-refractivity contribution is 0.0945. The maximum Gasteiger partial charge on any atom is 0.266 e. The molecule has 0 unspecified atom stereocenters. The molecule has 1 aromatic heterocycles. The van der Waals surface area contributed by atoms with Gasteiger partial charge in [-0.2, -0.15) is 0 Å². The summed E-state index contributed by atoms with van der Waals surface area (Å²) in [6.45, 7) is 5.34. The van der Waals surface area contributed by atoms with Crippen molar-refractivity contribution in [2.75, 3.05) is 6.61 Å². The van der Waals surface area contributed by atoms with Crippen LogP contribution >= 0.6 is 0 Å². The molecule has 0 aliphatic heterocycles. The van der Waals surface area contributed by atoms with Crippen LogP contribution in [0.2, 0.25) is 0 Å². The molecule has 0 saturated carbocycles. The lowest BCUT2D eigenvalue weighted by Gasteiger charge is -2.08. The number of hydrogen-bond donors (Lipinski definition) is 2. The second-order valence-electron chi connectivity index (χ2n) is 4.67. The van der Waals surface area contributed by atoms with Crippen LogP contribution in [0, 0.1) is 13.8 Å². The number of carbonyl (C=O) groups is 1. The summed E-state index contributed by atoms with van der Waals surface area (Å²) in [6.07, 6.45) is 0. The Labute approximate surface area is 133 Å². The van der Waals surface area contributed by atoms with E-state index in [0.717, 1.165) is 0 Å². The fourth-order valence-corrected chi connectivity index (χ4v) is 3.14. The van der Waals surface area contributed by atoms with Crippen molar-refractivity contribution in [3.8, 4) is 5.75 Å². The van der Waals surface area contributed by atoms with E-state index in [-0.39, 0.29) is 21.9 Å². The molecule has 1 amide bonds. The smallest absolute Gasteiger partial charge is 0.266 e. The summed E-state index contributed by atoms with van der Waals surface area (Å²) in [6, 6.07) is 6.32. The van der Waals surface area contributed by atoms with Crippen LogP contribution < -0.4 is 15.0 Å². The molecule has 0 atom stereocenters. The van der Waals surface area contributed by atoms with Gasteiger partial charge in [0.1, 0.15) is 16.3 Å². The van der Waals surface area contributed by atoms with Crippen LogP contribution in [0.4, 0.5) is 0 Å². The molecule has 8 nitrogen and oxygen atoms in total. The highest BCUT2D eigenvalue weighted by atomic mass is 32.2. The van der Waals surface area contributed by atoms with Crippen molar-refractivity contribution in [1.29, 1.82) is 0 Å². The maximum absolute atomic E-state index is 12.2. The lowest BCUT2D eigenvalue weighted by Crippen LogP contribution is -2.41. The Balaban J connectivity index is 2.06. The van der Waals surface area contributed by atoms with Gasteiger partial charge in [0.2, 0.25) is 0 Å². The van der Waals surface area contributed by atoms with E-state index >= 15 is 0 Å². The predicted molar refractivity (Wildman–Crippen MR) is 81.4 cm³/mol. The topological polar surface area (TPSA) is 111 Å². The van der Waals surface area contributed by atoms with Crippen LogP contribution in [0.3, 0.4) is 0 Å². The second kappa shape index (κ2) is 6.80. The van der Waals surface area contributed by atoms with Crippen LogP contribution in [0.15, 0.2) is 33.7 Å². The molecule has 0 bridgehead atoms. The molecule has 9 heteroatoms. The number of nitrogens with one attached hydrogen (secondary N) is 2. The molecule has 1 aromatic carbocycles. The van der Waals surface area contributed by atoms with Gasteiger partial charge in [-0.25, -0.2) is 8.42 Å². The van der Waals surface area contributed by atoms with Gasteiger partial charge in [0, 0.05) is 5.56 Å². The van der Waals surface area contributed by atoms with Gasteiger partial charge in [-0.05, 0) is 45.0 Å². The number of aromatic nitrogens is 1. The van der Waals surface area contributed by atoms with Crippen molar-refractivity contribution in [3.63, 3.8) is 0 Å². The van der Waals surface area contributed by atoms with E-state index < -0.39 is 15.9 Å². The quantitative estimate of drug-likeness (QED) is 0.768. The molecule has 0 saturated heterocycles. The van der Waals surface area contributed by atoms with Crippen molar-refractivity contribution in [3.05, 3.63) is 41.3 Å². The van der Waals surface area contributed by atoms with Crippen LogP contribution in [0.25, 0.3) is 0 Å². The number of ether oxygens (including phenoxy) is 1. The van der Waals surface area contributed by atoms with Crippen molar-refractivity contribution in [2.24, 2.45) is 0 Å². The van der Waals surface area contributed by atoms with Crippen molar-refractivity contribution in [1.82, 2.24) is 15.4 Å². The summed E-state index contributed by atoms with van der Waals surface area (Å²) in [5.74, 6) is 0.175. The summed E-state index contributed by atoms with van der Waals surface area (Å²) in [4.78, 5) is 13.9. The minimum Gasteiger partial charge on any atom is -0.494 e. The number of rotatable bonds is 6. The molecular weight excluding hydrogens is 322 g/mol. The Morgan fingerprint density at radius 3 is 2.43 bits per heavy atom. The fraction of sp³-hybridized carbons (Fsp3) is 0.286. The SMILES string of the molecule is CCOc1ccc(C(=O)NNS(=O)(=O)c2c(C)noc2C)cc1. The minimum atomic E-state index is -3.96. The molecule has 0 fully saturated rings. The minimum absolute atomic E-state index is 0.0931. The first-order valence-electron chi connectivity index (χ1n) is 6.83. The number of nitrogens with zero attached hydrogens (tertiary/aromatic N) is 1. The number of amides is 1. The number of benzene rings is 1. The zero-order valence-electron chi connectivity index (χ0n) is 12.9. The maximum atomic E-state index is 12.2. The number of hydrogen-bond acceptors (Lipinski definition) is 6. The summed E-state index contributed by atoms with van der Waals surface area (Å²) in [5, 5.41) is 3.57. The number of aryl methyl sites for hydroxylation is 2. The fourth-order valence-electron chi connectivity index (χ4n) is 1.96. The van der Waals surface area contributed by atoms with E-state index in [0.29, 0.717) is 12.4 Å². The summed E-state index contributed by atoms with van der Waals surface area (Å²) < 4.78 is 34.4. The zero-order valence-corrected chi connectivity index (χ0v) is 13.7.